The normalized spacial score (nSPS) is 22.7. The van der Waals surface area contributed by atoms with E-state index in [1.165, 1.54) is 0 Å². The van der Waals surface area contributed by atoms with Crippen molar-refractivity contribution >= 4 is 6.01 Å². The first kappa shape index (κ1) is 11.3. The van der Waals surface area contributed by atoms with Crippen LogP contribution in [0.15, 0.2) is 4.42 Å². The van der Waals surface area contributed by atoms with E-state index in [9.17, 15) is 0 Å². The standard InChI is InChI=1S/C10H18N4O2/c1-7(11)9-12-13-10(16-9)14-4-2-8(6-14)3-5-15/h7-8,15H,2-6,11H2,1H3. The number of nitrogens with two attached hydrogens (primary N) is 1. The number of hydrogen-bond acceptors (Lipinski definition) is 6. The quantitative estimate of drug-likeness (QED) is 0.767. The Hall–Kier alpha value is -1.14. The summed E-state index contributed by atoms with van der Waals surface area (Å²) in [5, 5.41) is 16.8. The molecule has 0 radical (unpaired) electrons. The van der Waals surface area contributed by atoms with Crippen LogP contribution in [-0.4, -0.2) is 35.0 Å². The number of hydrogen-bond donors (Lipinski definition) is 2. The van der Waals surface area contributed by atoms with E-state index in [0.717, 1.165) is 25.9 Å². The lowest BCUT2D eigenvalue weighted by atomic mass is 10.1. The van der Waals surface area contributed by atoms with E-state index < -0.39 is 0 Å². The molecule has 1 aromatic heterocycles. The molecule has 90 valence electrons. The molecule has 0 bridgehead atoms. The molecule has 0 amide bonds. The van der Waals surface area contributed by atoms with Crippen LogP contribution >= 0.6 is 0 Å². The molecule has 1 aromatic rings. The molecule has 16 heavy (non-hydrogen) atoms. The Labute approximate surface area is 94.4 Å². The topological polar surface area (TPSA) is 88.4 Å². The molecular weight excluding hydrogens is 208 g/mol. The van der Waals surface area contributed by atoms with Crippen molar-refractivity contribution in [1.82, 2.24) is 10.2 Å². The average molecular weight is 226 g/mol. The smallest absolute Gasteiger partial charge is 0.318 e. The second-order valence-corrected chi connectivity index (χ2v) is 4.32. The second-order valence-electron chi connectivity index (χ2n) is 4.32. The van der Waals surface area contributed by atoms with Crippen molar-refractivity contribution in [2.75, 3.05) is 24.6 Å². The van der Waals surface area contributed by atoms with Gasteiger partial charge in [-0.25, -0.2) is 0 Å². The van der Waals surface area contributed by atoms with Crippen LogP contribution in [0.25, 0.3) is 0 Å². The molecule has 6 nitrogen and oxygen atoms in total. The Morgan fingerprint density at radius 1 is 1.62 bits per heavy atom. The average Bonchev–Trinajstić information content (AvgIpc) is 2.84. The van der Waals surface area contributed by atoms with Gasteiger partial charge in [-0.3, -0.25) is 0 Å². The fourth-order valence-electron chi connectivity index (χ4n) is 1.96. The summed E-state index contributed by atoms with van der Waals surface area (Å²) in [4.78, 5) is 2.05. The van der Waals surface area contributed by atoms with Gasteiger partial charge in [0.25, 0.3) is 0 Å². The highest BCUT2D eigenvalue weighted by Crippen LogP contribution is 2.25. The van der Waals surface area contributed by atoms with Gasteiger partial charge >= 0.3 is 6.01 Å². The first-order valence-electron chi connectivity index (χ1n) is 5.65. The predicted molar refractivity (Wildman–Crippen MR) is 58.9 cm³/mol. The van der Waals surface area contributed by atoms with E-state index in [2.05, 4.69) is 15.1 Å². The van der Waals surface area contributed by atoms with Gasteiger partial charge < -0.3 is 20.2 Å². The summed E-state index contributed by atoms with van der Waals surface area (Å²) in [5.41, 5.74) is 5.65. The van der Waals surface area contributed by atoms with Crippen LogP contribution in [0.3, 0.4) is 0 Å². The van der Waals surface area contributed by atoms with E-state index in [0.29, 0.717) is 17.8 Å². The second kappa shape index (κ2) is 4.80. The Bertz CT molecular complexity index is 339. The fourth-order valence-corrected chi connectivity index (χ4v) is 1.96. The lowest BCUT2D eigenvalue weighted by molar-refractivity contribution is 0.263. The molecule has 2 heterocycles. The zero-order chi connectivity index (χ0) is 11.5. The zero-order valence-corrected chi connectivity index (χ0v) is 9.46. The van der Waals surface area contributed by atoms with E-state index in [1.54, 1.807) is 0 Å². The Morgan fingerprint density at radius 3 is 3.06 bits per heavy atom. The fraction of sp³-hybridized carbons (Fsp3) is 0.800. The van der Waals surface area contributed by atoms with Crippen LogP contribution in [0.4, 0.5) is 6.01 Å². The minimum Gasteiger partial charge on any atom is -0.406 e. The molecule has 1 saturated heterocycles. The molecule has 0 spiro atoms. The third-order valence-corrected chi connectivity index (χ3v) is 2.91. The molecule has 1 fully saturated rings. The van der Waals surface area contributed by atoms with Crippen molar-refractivity contribution in [2.45, 2.75) is 25.8 Å². The summed E-state index contributed by atoms with van der Waals surface area (Å²) in [6, 6.07) is 0.324. The van der Waals surface area contributed by atoms with Gasteiger partial charge in [-0.05, 0) is 25.7 Å². The van der Waals surface area contributed by atoms with Crippen LogP contribution in [0.1, 0.15) is 31.7 Å². The lowest BCUT2D eigenvalue weighted by Crippen LogP contribution is -2.20. The van der Waals surface area contributed by atoms with Crippen molar-refractivity contribution < 1.29 is 9.52 Å². The maximum Gasteiger partial charge on any atom is 0.318 e. The minimum absolute atomic E-state index is 0.225. The lowest BCUT2D eigenvalue weighted by Gasteiger charge is -2.12. The van der Waals surface area contributed by atoms with Gasteiger partial charge in [0.05, 0.1) is 6.04 Å². The predicted octanol–water partition coefficient (Wildman–Crippen LogP) is 0.298. The monoisotopic (exact) mass is 226 g/mol. The number of aliphatic hydroxyl groups is 1. The van der Waals surface area contributed by atoms with Gasteiger partial charge in [0.15, 0.2) is 0 Å². The largest absolute Gasteiger partial charge is 0.406 e. The molecule has 3 N–H and O–H groups in total. The third-order valence-electron chi connectivity index (χ3n) is 2.91. The number of aromatic nitrogens is 2. The molecule has 6 heteroatoms. The van der Waals surface area contributed by atoms with Crippen LogP contribution in [0.5, 0.6) is 0 Å². The summed E-state index contributed by atoms with van der Waals surface area (Å²) in [6.07, 6.45) is 1.90. The molecule has 1 aliphatic rings. The molecule has 2 atom stereocenters. The highest BCUT2D eigenvalue weighted by atomic mass is 16.4. The van der Waals surface area contributed by atoms with E-state index in [-0.39, 0.29) is 12.6 Å². The number of rotatable bonds is 4. The summed E-state index contributed by atoms with van der Waals surface area (Å²) < 4.78 is 5.47. The van der Waals surface area contributed by atoms with Gasteiger partial charge in [0, 0.05) is 19.7 Å². The van der Waals surface area contributed by atoms with Crippen LogP contribution in [0.2, 0.25) is 0 Å². The van der Waals surface area contributed by atoms with E-state index in [4.69, 9.17) is 15.3 Å². The maximum absolute atomic E-state index is 8.87. The van der Waals surface area contributed by atoms with Crippen LogP contribution in [-0.2, 0) is 0 Å². The first-order chi connectivity index (χ1) is 7.70. The molecule has 2 unspecified atom stereocenters. The first-order valence-corrected chi connectivity index (χ1v) is 5.65. The molecule has 0 saturated carbocycles. The summed E-state index contributed by atoms with van der Waals surface area (Å²) in [6.45, 7) is 3.84. The van der Waals surface area contributed by atoms with Crippen LogP contribution < -0.4 is 10.6 Å². The Balaban J connectivity index is 1.97. The van der Waals surface area contributed by atoms with Gasteiger partial charge in [-0.2, -0.15) is 0 Å². The van der Waals surface area contributed by atoms with E-state index >= 15 is 0 Å². The SMILES string of the molecule is CC(N)c1nnc(N2CCC(CCO)C2)o1. The van der Waals surface area contributed by atoms with Crippen molar-refractivity contribution in [2.24, 2.45) is 11.7 Å². The van der Waals surface area contributed by atoms with Crippen LogP contribution in [0, 0.1) is 5.92 Å². The third kappa shape index (κ3) is 2.33. The minimum atomic E-state index is -0.225. The van der Waals surface area contributed by atoms with E-state index in [1.807, 2.05) is 6.92 Å². The molecule has 0 aromatic carbocycles. The number of anilines is 1. The number of nitrogens with zero attached hydrogens (tertiary/aromatic N) is 3. The Kier molecular flexibility index (Phi) is 3.40. The van der Waals surface area contributed by atoms with Crippen molar-refractivity contribution in [1.29, 1.82) is 0 Å². The van der Waals surface area contributed by atoms with Gasteiger partial charge in [0.2, 0.25) is 5.89 Å². The van der Waals surface area contributed by atoms with Crippen molar-refractivity contribution in [3.63, 3.8) is 0 Å². The van der Waals surface area contributed by atoms with Crippen molar-refractivity contribution in [3.8, 4) is 0 Å². The molecule has 1 aliphatic heterocycles. The van der Waals surface area contributed by atoms with Crippen molar-refractivity contribution in [3.05, 3.63) is 5.89 Å². The maximum atomic E-state index is 8.87. The zero-order valence-electron chi connectivity index (χ0n) is 9.46. The molecular formula is C10H18N4O2. The van der Waals surface area contributed by atoms with Gasteiger partial charge in [-0.1, -0.05) is 5.10 Å². The summed E-state index contributed by atoms with van der Waals surface area (Å²) in [7, 11) is 0. The molecule has 2 rings (SSSR count). The highest BCUT2D eigenvalue weighted by molar-refractivity contribution is 5.26. The summed E-state index contributed by atoms with van der Waals surface area (Å²) in [5.74, 6) is 0.997. The van der Waals surface area contributed by atoms with Gasteiger partial charge in [0.1, 0.15) is 0 Å². The summed E-state index contributed by atoms with van der Waals surface area (Å²) >= 11 is 0. The number of aliphatic hydroxyl groups excluding tert-OH is 1. The van der Waals surface area contributed by atoms with Gasteiger partial charge in [-0.15, -0.1) is 5.10 Å². The Morgan fingerprint density at radius 2 is 2.44 bits per heavy atom. The highest BCUT2D eigenvalue weighted by Gasteiger charge is 2.26. The molecule has 0 aliphatic carbocycles.